The predicted octanol–water partition coefficient (Wildman–Crippen LogP) is 3.55. The first-order valence-corrected chi connectivity index (χ1v) is 8.19. The minimum atomic E-state index is -0.404. The predicted molar refractivity (Wildman–Crippen MR) is 90.8 cm³/mol. The van der Waals surface area contributed by atoms with E-state index in [4.69, 9.17) is 4.74 Å². The van der Waals surface area contributed by atoms with Gasteiger partial charge in [-0.15, -0.1) is 0 Å². The van der Waals surface area contributed by atoms with E-state index in [0.717, 1.165) is 15.7 Å². The first kappa shape index (κ1) is 15.7. The van der Waals surface area contributed by atoms with Crippen LogP contribution >= 0.6 is 15.9 Å². The lowest BCUT2D eigenvalue weighted by Gasteiger charge is -2.16. The Morgan fingerprint density at radius 2 is 1.83 bits per heavy atom. The van der Waals surface area contributed by atoms with Crippen molar-refractivity contribution in [2.24, 2.45) is 5.92 Å². The molecule has 1 saturated heterocycles. The van der Waals surface area contributed by atoms with Crippen molar-refractivity contribution in [2.75, 3.05) is 11.4 Å². The summed E-state index contributed by atoms with van der Waals surface area (Å²) in [6.45, 7) is 0.601. The van der Waals surface area contributed by atoms with Crippen molar-refractivity contribution >= 4 is 33.5 Å². The number of anilines is 1. The molecule has 0 unspecified atom stereocenters. The number of para-hydroxylation sites is 1. The van der Waals surface area contributed by atoms with E-state index in [0.29, 0.717) is 6.54 Å². The van der Waals surface area contributed by atoms with Gasteiger partial charge in [0.05, 0.1) is 5.92 Å². The summed E-state index contributed by atoms with van der Waals surface area (Å²) in [4.78, 5) is 26.0. The lowest BCUT2D eigenvalue weighted by molar-refractivity contribution is -0.149. The molecule has 1 aliphatic heterocycles. The smallest absolute Gasteiger partial charge is 0.311 e. The highest BCUT2D eigenvalue weighted by Crippen LogP contribution is 2.25. The maximum atomic E-state index is 12.2. The zero-order valence-electron chi connectivity index (χ0n) is 12.4. The Morgan fingerprint density at radius 1 is 1.13 bits per heavy atom. The highest BCUT2D eigenvalue weighted by atomic mass is 79.9. The number of halogens is 1. The molecule has 5 heteroatoms. The molecule has 118 valence electrons. The van der Waals surface area contributed by atoms with Gasteiger partial charge < -0.3 is 9.64 Å². The van der Waals surface area contributed by atoms with Crippen LogP contribution in [0.4, 0.5) is 5.69 Å². The summed E-state index contributed by atoms with van der Waals surface area (Å²) in [5.41, 5.74) is 1.74. The molecule has 1 amide bonds. The average molecular weight is 374 g/mol. The highest BCUT2D eigenvalue weighted by Gasteiger charge is 2.36. The van der Waals surface area contributed by atoms with Crippen LogP contribution < -0.4 is 4.90 Å². The van der Waals surface area contributed by atoms with Gasteiger partial charge in [0.1, 0.15) is 6.61 Å². The van der Waals surface area contributed by atoms with Crippen LogP contribution in [0.1, 0.15) is 12.0 Å². The molecule has 1 heterocycles. The summed E-state index contributed by atoms with van der Waals surface area (Å²) in [6.07, 6.45) is 0.202. The summed E-state index contributed by atoms with van der Waals surface area (Å²) in [6, 6.07) is 17.0. The van der Waals surface area contributed by atoms with Gasteiger partial charge in [-0.3, -0.25) is 9.59 Å². The van der Waals surface area contributed by atoms with Crippen molar-refractivity contribution in [1.29, 1.82) is 0 Å². The molecule has 4 nitrogen and oxygen atoms in total. The summed E-state index contributed by atoms with van der Waals surface area (Å²) in [5, 5.41) is 0. The van der Waals surface area contributed by atoms with Gasteiger partial charge in [-0.05, 0) is 29.8 Å². The summed E-state index contributed by atoms with van der Waals surface area (Å²) >= 11 is 3.36. The van der Waals surface area contributed by atoms with Crippen LogP contribution in [0.25, 0.3) is 0 Å². The topological polar surface area (TPSA) is 46.6 Å². The van der Waals surface area contributed by atoms with Crippen LogP contribution in [0, 0.1) is 5.92 Å². The number of carbonyl (C=O) groups excluding carboxylic acids is 2. The van der Waals surface area contributed by atoms with Crippen molar-refractivity contribution in [3.63, 3.8) is 0 Å². The fraction of sp³-hybridized carbons (Fsp3) is 0.222. The minimum Gasteiger partial charge on any atom is -0.461 e. The molecule has 0 aliphatic carbocycles. The lowest BCUT2D eigenvalue weighted by Crippen LogP contribution is -2.26. The van der Waals surface area contributed by atoms with Crippen LogP contribution in [-0.4, -0.2) is 18.4 Å². The van der Waals surface area contributed by atoms with Crippen LogP contribution in [0.15, 0.2) is 59.1 Å². The van der Waals surface area contributed by atoms with E-state index in [1.165, 1.54) is 0 Å². The molecule has 1 aliphatic rings. The first-order valence-electron chi connectivity index (χ1n) is 7.40. The Labute approximate surface area is 143 Å². The number of hydrogen-bond donors (Lipinski definition) is 0. The first-order chi connectivity index (χ1) is 11.1. The third-order valence-electron chi connectivity index (χ3n) is 3.82. The molecule has 2 aromatic rings. The Hall–Kier alpha value is -2.14. The van der Waals surface area contributed by atoms with Crippen LogP contribution in [0.3, 0.4) is 0 Å². The van der Waals surface area contributed by atoms with E-state index >= 15 is 0 Å². The second-order valence-electron chi connectivity index (χ2n) is 5.48. The minimum absolute atomic E-state index is 0.0400. The molecule has 0 saturated carbocycles. The normalized spacial score (nSPS) is 17.3. The van der Waals surface area contributed by atoms with E-state index < -0.39 is 5.92 Å². The number of esters is 1. The Bertz CT molecular complexity index is 700. The zero-order valence-corrected chi connectivity index (χ0v) is 14.0. The SMILES string of the molecule is O=C(OCc1ccc(Br)cc1)[C@@H]1CC(=O)N(c2ccccc2)C1. The van der Waals surface area contributed by atoms with Gasteiger partial charge in [-0.2, -0.15) is 0 Å². The fourth-order valence-electron chi connectivity index (χ4n) is 2.58. The van der Waals surface area contributed by atoms with Crippen molar-refractivity contribution in [1.82, 2.24) is 0 Å². The molecule has 1 atom stereocenters. The quantitative estimate of drug-likeness (QED) is 0.769. The largest absolute Gasteiger partial charge is 0.461 e. The molecule has 0 aromatic heterocycles. The number of ether oxygens (including phenoxy) is 1. The molecule has 0 spiro atoms. The summed E-state index contributed by atoms with van der Waals surface area (Å²) in [5.74, 6) is -0.764. The molecule has 0 bridgehead atoms. The molecule has 0 radical (unpaired) electrons. The molecule has 0 N–H and O–H groups in total. The van der Waals surface area contributed by atoms with Gasteiger partial charge in [0.25, 0.3) is 0 Å². The molecule has 1 fully saturated rings. The molecule has 3 rings (SSSR count). The Morgan fingerprint density at radius 3 is 2.52 bits per heavy atom. The van der Waals surface area contributed by atoms with Crippen molar-refractivity contribution in [3.05, 3.63) is 64.6 Å². The van der Waals surface area contributed by atoms with Crippen molar-refractivity contribution < 1.29 is 14.3 Å². The third kappa shape index (κ3) is 3.79. The standard InChI is InChI=1S/C18H16BrNO3/c19-15-8-6-13(7-9-15)12-23-18(22)14-10-17(21)20(11-14)16-4-2-1-3-5-16/h1-9,14H,10-12H2/t14-/m1/s1. The lowest BCUT2D eigenvalue weighted by atomic mass is 10.1. The number of nitrogens with zero attached hydrogens (tertiary/aromatic N) is 1. The van der Waals surface area contributed by atoms with E-state index in [2.05, 4.69) is 15.9 Å². The van der Waals surface area contributed by atoms with Gasteiger partial charge in [0.15, 0.2) is 0 Å². The second-order valence-corrected chi connectivity index (χ2v) is 6.39. The molecule has 23 heavy (non-hydrogen) atoms. The van der Waals surface area contributed by atoms with Crippen LogP contribution in [0.2, 0.25) is 0 Å². The Balaban J connectivity index is 1.58. The zero-order chi connectivity index (χ0) is 16.2. The van der Waals surface area contributed by atoms with Gasteiger partial charge in [-0.1, -0.05) is 46.3 Å². The average Bonchev–Trinajstić information content (AvgIpc) is 2.97. The maximum absolute atomic E-state index is 12.2. The van der Waals surface area contributed by atoms with Crippen LogP contribution in [0.5, 0.6) is 0 Å². The van der Waals surface area contributed by atoms with E-state index in [9.17, 15) is 9.59 Å². The molecule has 2 aromatic carbocycles. The molecular weight excluding hydrogens is 358 g/mol. The number of amides is 1. The second kappa shape index (κ2) is 6.96. The number of carbonyl (C=O) groups is 2. The number of hydrogen-bond acceptors (Lipinski definition) is 3. The molecular formula is C18H16BrNO3. The van der Waals surface area contributed by atoms with E-state index in [-0.39, 0.29) is 24.9 Å². The van der Waals surface area contributed by atoms with Crippen LogP contribution in [-0.2, 0) is 20.9 Å². The van der Waals surface area contributed by atoms with Gasteiger partial charge in [0.2, 0.25) is 5.91 Å². The van der Waals surface area contributed by atoms with E-state index in [1.54, 1.807) is 4.90 Å². The summed E-state index contributed by atoms with van der Waals surface area (Å²) in [7, 11) is 0. The van der Waals surface area contributed by atoms with Gasteiger partial charge in [-0.25, -0.2) is 0 Å². The van der Waals surface area contributed by atoms with E-state index in [1.807, 2.05) is 54.6 Å². The van der Waals surface area contributed by atoms with Crippen molar-refractivity contribution in [3.8, 4) is 0 Å². The van der Waals surface area contributed by atoms with Gasteiger partial charge in [0, 0.05) is 23.1 Å². The van der Waals surface area contributed by atoms with Gasteiger partial charge >= 0.3 is 5.97 Å². The summed E-state index contributed by atoms with van der Waals surface area (Å²) < 4.78 is 6.33. The maximum Gasteiger partial charge on any atom is 0.311 e. The third-order valence-corrected chi connectivity index (χ3v) is 4.35. The highest BCUT2D eigenvalue weighted by molar-refractivity contribution is 9.10. The van der Waals surface area contributed by atoms with Crippen molar-refractivity contribution in [2.45, 2.75) is 13.0 Å². The Kier molecular flexibility index (Phi) is 4.76. The number of rotatable bonds is 4. The number of benzene rings is 2. The fourth-order valence-corrected chi connectivity index (χ4v) is 2.84. The monoisotopic (exact) mass is 373 g/mol.